The van der Waals surface area contributed by atoms with E-state index in [1.165, 1.54) is 0 Å². The number of nitrogens with one attached hydrogen (secondary N) is 1. The number of hydrogen-bond donors (Lipinski definition) is 1. The number of halogens is 1. The third-order valence-electron chi connectivity index (χ3n) is 2.78. The molecular formula is C12H16BrN5O. The molecule has 2 aromatic heterocycles. The van der Waals surface area contributed by atoms with Gasteiger partial charge in [-0.3, -0.25) is 4.68 Å². The quantitative estimate of drug-likeness (QED) is 0.906. The minimum Gasteiger partial charge on any atom is -0.480 e. The number of hydrogen-bond acceptors (Lipinski definition) is 5. The van der Waals surface area contributed by atoms with Crippen molar-refractivity contribution in [1.29, 1.82) is 0 Å². The average Bonchev–Trinajstić information content (AvgIpc) is 2.76. The molecule has 0 aliphatic carbocycles. The summed E-state index contributed by atoms with van der Waals surface area (Å²) in [6.07, 6.45) is 1.77. The molecule has 0 radical (unpaired) electrons. The molecule has 0 saturated heterocycles. The highest BCUT2D eigenvalue weighted by Gasteiger charge is 2.21. The van der Waals surface area contributed by atoms with E-state index in [0.29, 0.717) is 5.88 Å². The molecule has 1 atom stereocenters. The predicted molar refractivity (Wildman–Crippen MR) is 75.0 cm³/mol. The SMILES string of the molecule is CCNC(c1ccc(OC)nn1)c1c(Br)cnn1C. The molecule has 102 valence electrons. The first-order chi connectivity index (χ1) is 9.17. The molecule has 0 saturated carbocycles. The normalized spacial score (nSPS) is 12.4. The summed E-state index contributed by atoms with van der Waals surface area (Å²) in [7, 11) is 3.48. The molecule has 0 amide bonds. The van der Waals surface area contributed by atoms with Crippen LogP contribution in [-0.4, -0.2) is 33.6 Å². The van der Waals surface area contributed by atoms with Gasteiger partial charge in [-0.25, -0.2) is 0 Å². The summed E-state index contributed by atoms with van der Waals surface area (Å²) in [4.78, 5) is 0. The van der Waals surface area contributed by atoms with Crippen molar-refractivity contribution in [3.8, 4) is 5.88 Å². The highest BCUT2D eigenvalue weighted by Crippen LogP contribution is 2.27. The van der Waals surface area contributed by atoms with Crippen LogP contribution in [0.4, 0.5) is 0 Å². The topological polar surface area (TPSA) is 64.9 Å². The molecule has 0 aromatic carbocycles. The van der Waals surface area contributed by atoms with Crippen molar-refractivity contribution in [2.75, 3.05) is 13.7 Å². The van der Waals surface area contributed by atoms with Crippen molar-refractivity contribution in [1.82, 2.24) is 25.3 Å². The molecule has 7 heteroatoms. The van der Waals surface area contributed by atoms with Crippen LogP contribution in [0.5, 0.6) is 5.88 Å². The summed E-state index contributed by atoms with van der Waals surface area (Å²) in [6.45, 7) is 2.87. The summed E-state index contributed by atoms with van der Waals surface area (Å²) >= 11 is 3.52. The Balaban J connectivity index is 2.39. The van der Waals surface area contributed by atoms with Crippen LogP contribution in [0.15, 0.2) is 22.8 Å². The zero-order chi connectivity index (χ0) is 13.8. The third-order valence-corrected chi connectivity index (χ3v) is 3.40. The number of aromatic nitrogens is 4. The van der Waals surface area contributed by atoms with Crippen molar-refractivity contribution in [2.45, 2.75) is 13.0 Å². The first kappa shape index (κ1) is 14.0. The summed E-state index contributed by atoms with van der Waals surface area (Å²) in [5.74, 6) is 0.503. The fourth-order valence-corrected chi connectivity index (χ4v) is 2.46. The van der Waals surface area contributed by atoms with Crippen LogP contribution in [0.1, 0.15) is 24.4 Å². The summed E-state index contributed by atoms with van der Waals surface area (Å²) in [6, 6.07) is 3.64. The van der Waals surface area contributed by atoms with Crippen LogP contribution in [-0.2, 0) is 7.05 Å². The highest BCUT2D eigenvalue weighted by atomic mass is 79.9. The fraction of sp³-hybridized carbons (Fsp3) is 0.417. The molecule has 0 aliphatic rings. The maximum Gasteiger partial charge on any atom is 0.233 e. The van der Waals surface area contributed by atoms with Crippen molar-refractivity contribution < 1.29 is 4.74 Å². The molecule has 2 rings (SSSR count). The van der Waals surface area contributed by atoms with Gasteiger partial charge in [0, 0.05) is 13.1 Å². The molecule has 0 spiro atoms. The first-order valence-electron chi connectivity index (χ1n) is 5.95. The Morgan fingerprint density at radius 1 is 1.42 bits per heavy atom. The van der Waals surface area contributed by atoms with Gasteiger partial charge in [0.2, 0.25) is 5.88 Å². The number of aryl methyl sites for hydroxylation is 1. The Morgan fingerprint density at radius 3 is 2.68 bits per heavy atom. The number of rotatable bonds is 5. The Morgan fingerprint density at radius 2 is 2.21 bits per heavy atom. The number of methoxy groups -OCH3 is 1. The van der Waals surface area contributed by atoms with Crippen molar-refractivity contribution in [3.05, 3.63) is 34.2 Å². The van der Waals surface area contributed by atoms with E-state index >= 15 is 0 Å². The van der Waals surface area contributed by atoms with E-state index in [0.717, 1.165) is 22.4 Å². The van der Waals surface area contributed by atoms with Crippen molar-refractivity contribution >= 4 is 15.9 Å². The van der Waals surface area contributed by atoms with E-state index in [1.807, 2.05) is 24.7 Å². The van der Waals surface area contributed by atoms with E-state index < -0.39 is 0 Å². The zero-order valence-corrected chi connectivity index (χ0v) is 12.7. The van der Waals surface area contributed by atoms with Gasteiger partial charge in [0.25, 0.3) is 0 Å². The lowest BCUT2D eigenvalue weighted by Gasteiger charge is -2.18. The largest absolute Gasteiger partial charge is 0.480 e. The molecule has 2 aromatic rings. The molecular weight excluding hydrogens is 310 g/mol. The van der Waals surface area contributed by atoms with Crippen molar-refractivity contribution in [3.63, 3.8) is 0 Å². The van der Waals surface area contributed by atoms with Gasteiger partial charge in [-0.05, 0) is 28.5 Å². The monoisotopic (exact) mass is 325 g/mol. The lowest BCUT2D eigenvalue weighted by Crippen LogP contribution is -2.25. The third kappa shape index (κ3) is 2.93. The molecule has 6 nitrogen and oxygen atoms in total. The van der Waals surface area contributed by atoms with E-state index in [4.69, 9.17) is 4.74 Å². The number of nitrogens with zero attached hydrogens (tertiary/aromatic N) is 4. The first-order valence-corrected chi connectivity index (χ1v) is 6.75. The van der Waals surface area contributed by atoms with Gasteiger partial charge in [-0.1, -0.05) is 6.92 Å². The van der Waals surface area contributed by atoms with Crippen LogP contribution in [0.25, 0.3) is 0 Å². The van der Waals surface area contributed by atoms with Crippen LogP contribution < -0.4 is 10.1 Å². The molecule has 2 heterocycles. The Bertz CT molecular complexity index is 520. The van der Waals surface area contributed by atoms with E-state index in [9.17, 15) is 0 Å². The Hall–Kier alpha value is -1.47. The minimum absolute atomic E-state index is 0.0646. The standard InChI is InChI=1S/C12H16BrN5O/c1-4-14-11(12-8(13)7-15-18(12)2)9-5-6-10(19-3)17-16-9/h5-7,11,14H,4H2,1-3H3. The summed E-state index contributed by atoms with van der Waals surface area (Å²) in [5, 5.41) is 15.8. The fourth-order valence-electron chi connectivity index (χ4n) is 1.88. The van der Waals surface area contributed by atoms with E-state index in [2.05, 4.69) is 36.5 Å². The molecule has 0 fully saturated rings. The second-order valence-corrected chi connectivity index (χ2v) is 4.85. The zero-order valence-electron chi connectivity index (χ0n) is 11.1. The second-order valence-electron chi connectivity index (χ2n) is 3.99. The van der Waals surface area contributed by atoms with Gasteiger partial charge in [0.15, 0.2) is 0 Å². The molecule has 19 heavy (non-hydrogen) atoms. The smallest absolute Gasteiger partial charge is 0.233 e. The second kappa shape index (κ2) is 6.12. The minimum atomic E-state index is -0.0646. The lowest BCUT2D eigenvalue weighted by molar-refractivity contribution is 0.390. The molecule has 0 aliphatic heterocycles. The molecule has 1 N–H and O–H groups in total. The van der Waals surface area contributed by atoms with Gasteiger partial charge in [0.05, 0.1) is 35.2 Å². The van der Waals surface area contributed by atoms with Crippen LogP contribution >= 0.6 is 15.9 Å². The van der Waals surface area contributed by atoms with Gasteiger partial charge < -0.3 is 10.1 Å². The maximum absolute atomic E-state index is 5.03. The van der Waals surface area contributed by atoms with Crippen LogP contribution in [0.3, 0.4) is 0 Å². The lowest BCUT2D eigenvalue weighted by atomic mass is 10.1. The summed E-state index contributed by atoms with van der Waals surface area (Å²) in [5.41, 5.74) is 1.84. The molecule has 1 unspecified atom stereocenters. The van der Waals surface area contributed by atoms with E-state index in [-0.39, 0.29) is 6.04 Å². The molecule has 0 bridgehead atoms. The average molecular weight is 326 g/mol. The highest BCUT2D eigenvalue weighted by molar-refractivity contribution is 9.10. The van der Waals surface area contributed by atoms with Gasteiger partial charge >= 0.3 is 0 Å². The van der Waals surface area contributed by atoms with Crippen LogP contribution in [0.2, 0.25) is 0 Å². The summed E-state index contributed by atoms with van der Waals surface area (Å²) < 4.78 is 7.79. The maximum atomic E-state index is 5.03. The van der Waals surface area contributed by atoms with Gasteiger partial charge in [0.1, 0.15) is 0 Å². The van der Waals surface area contributed by atoms with Gasteiger partial charge in [-0.2, -0.15) is 5.10 Å². The van der Waals surface area contributed by atoms with Crippen molar-refractivity contribution in [2.24, 2.45) is 7.05 Å². The predicted octanol–water partition coefficient (Wildman–Crippen LogP) is 1.68. The number of ether oxygens (including phenoxy) is 1. The Labute approximate surface area is 120 Å². The van der Waals surface area contributed by atoms with Gasteiger partial charge in [-0.15, -0.1) is 10.2 Å². The van der Waals surface area contributed by atoms with Crippen LogP contribution in [0, 0.1) is 0 Å². The Kier molecular flexibility index (Phi) is 4.49. The van der Waals surface area contributed by atoms with E-state index in [1.54, 1.807) is 19.4 Å².